The predicted octanol–water partition coefficient (Wildman–Crippen LogP) is 2.61. The standard InChI is InChI=1S/C16H22N4O3/c1-4-11(2)14(16(22)23-3)18-15(21)13(19-20-17)10-12-8-6-5-7-9-12/h5-9,11,13-14H,4,10H2,1-3H3,(H,18,21)/t11?,13-,14-/m0/s1. The third kappa shape index (κ3) is 5.64. The van der Waals surface area contributed by atoms with Crippen molar-refractivity contribution in [1.82, 2.24) is 5.32 Å². The summed E-state index contributed by atoms with van der Waals surface area (Å²) in [6.45, 7) is 3.77. The molecule has 0 aliphatic rings. The molecule has 1 N–H and O–H groups in total. The molecule has 7 nitrogen and oxygen atoms in total. The highest BCUT2D eigenvalue weighted by atomic mass is 16.5. The molecule has 1 unspecified atom stereocenters. The minimum absolute atomic E-state index is 0.0881. The molecule has 7 heteroatoms. The molecule has 0 aliphatic carbocycles. The highest BCUT2D eigenvalue weighted by molar-refractivity contribution is 5.88. The van der Waals surface area contributed by atoms with Crippen LogP contribution in [0.5, 0.6) is 0 Å². The molecule has 0 saturated heterocycles. The first-order chi connectivity index (χ1) is 11.0. The molecule has 0 aromatic heterocycles. The summed E-state index contributed by atoms with van der Waals surface area (Å²) in [5, 5.41) is 6.20. The van der Waals surface area contributed by atoms with Gasteiger partial charge in [-0.2, -0.15) is 0 Å². The van der Waals surface area contributed by atoms with Gasteiger partial charge in [-0.1, -0.05) is 55.7 Å². The van der Waals surface area contributed by atoms with Crippen molar-refractivity contribution in [2.45, 2.75) is 38.8 Å². The molecule has 0 fully saturated rings. The maximum absolute atomic E-state index is 12.4. The molecule has 23 heavy (non-hydrogen) atoms. The van der Waals surface area contributed by atoms with Gasteiger partial charge in [0.2, 0.25) is 5.91 Å². The second kappa shape index (κ2) is 9.48. The largest absolute Gasteiger partial charge is 0.467 e. The lowest BCUT2D eigenvalue weighted by Crippen LogP contribution is -2.49. The van der Waals surface area contributed by atoms with Gasteiger partial charge in [0, 0.05) is 4.91 Å². The van der Waals surface area contributed by atoms with Crippen molar-refractivity contribution in [3.63, 3.8) is 0 Å². The summed E-state index contributed by atoms with van der Waals surface area (Å²) >= 11 is 0. The summed E-state index contributed by atoms with van der Waals surface area (Å²) in [7, 11) is 1.28. The van der Waals surface area contributed by atoms with Crippen LogP contribution in [0.4, 0.5) is 0 Å². The van der Waals surface area contributed by atoms with E-state index in [4.69, 9.17) is 10.3 Å². The van der Waals surface area contributed by atoms with Crippen molar-refractivity contribution in [2.24, 2.45) is 11.0 Å². The number of benzene rings is 1. The van der Waals surface area contributed by atoms with Gasteiger partial charge in [-0.25, -0.2) is 4.79 Å². The van der Waals surface area contributed by atoms with E-state index < -0.39 is 24.0 Å². The number of nitrogens with one attached hydrogen (secondary N) is 1. The van der Waals surface area contributed by atoms with Gasteiger partial charge in [0.1, 0.15) is 12.1 Å². The molecule has 1 rings (SSSR count). The number of amides is 1. The normalized spacial score (nSPS) is 14.0. The van der Waals surface area contributed by atoms with Gasteiger partial charge >= 0.3 is 5.97 Å². The molecule has 0 heterocycles. The van der Waals surface area contributed by atoms with E-state index in [9.17, 15) is 9.59 Å². The fourth-order valence-corrected chi connectivity index (χ4v) is 2.13. The molecule has 0 radical (unpaired) electrons. The molecule has 1 amide bonds. The Kier molecular flexibility index (Phi) is 7.63. The molecule has 0 aliphatic heterocycles. The van der Waals surface area contributed by atoms with Crippen LogP contribution in [-0.2, 0) is 20.7 Å². The quantitative estimate of drug-likeness (QED) is 0.345. The third-order valence-electron chi connectivity index (χ3n) is 3.73. The van der Waals surface area contributed by atoms with Crippen molar-refractivity contribution in [3.05, 3.63) is 46.3 Å². The monoisotopic (exact) mass is 318 g/mol. The van der Waals surface area contributed by atoms with Gasteiger partial charge < -0.3 is 10.1 Å². The van der Waals surface area contributed by atoms with Crippen molar-refractivity contribution >= 4 is 11.9 Å². The van der Waals surface area contributed by atoms with Gasteiger partial charge in [0.05, 0.1) is 7.11 Å². The van der Waals surface area contributed by atoms with E-state index in [1.165, 1.54) is 7.11 Å². The van der Waals surface area contributed by atoms with Crippen LogP contribution in [0.3, 0.4) is 0 Å². The van der Waals surface area contributed by atoms with E-state index in [1.807, 2.05) is 44.2 Å². The summed E-state index contributed by atoms with van der Waals surface area (Å²) < 4.78 is 4.74. The Morgan fingerprint density at radius 2 is 2.00 bits per heavy atom. The van der Waals surface area contributed by atoms with Crippen LogP contribution < -0.4 is 5.32 Å². The van der Waals surface area contributed by atoms with Crippen LogP contribution in [0.1, 0.15) is 25.8 Å². The molecule has 1 aromatic carbocycles. The minimum Gasteiger partial charge on any atom is -0.467 e. The van der Waals surface area contributed by atoms with Gasteiger partial charge in [-0.05, 0) is 23.4 Å². The summed E-state index contributed by atoms with van der Waals surface area (Å²) in [4.78, 5) is 27.0. The lowest BCUT2D eigenvalue weighted by atomic mass is 9.98. The van der Waals surface area contributed by atoms with E-state index in [2.05, 4.69) is 15.3 Å². The van der Waals surface area contributed by atoms with Crippen LogP contribution in [0.25, 0.3) is 10.4 Å². The van der Waals surface area contributed by atoms with Crippen LogP contribution in [0, 0.1) is 5.92 Å². The van der Waals surface area contributed by atoms with Gasteiger partial charge in [-0.3, -0.25) is 4.79 Å². The average molecular weight is 318 g/mol. The average Bonchev–Trinajstić information content (AvgIpc) is 2.58. The Bertz CT molecular complexity index is 570. The predicted molar refractivity (Wildman–Crippen MR) is 86.5 cm³/mol. The maximum Gasteiger partial charge on any atom is 0.328 e. The molecule has 3 atom stereocenters. The first-order valence-electron chi connectivity index (χ1n) is 7.49. The zero-order chi connectivity index (χ0) is 17.2. The van der Waals surface area contributed by atoms with E-state index >= 15 is 0 Å². The van der Waals surface area contributed by atoms with Gasteiger partial charge in [0.25, 0.3) is 0 Å². The molecular weight excluding hydrogens is 296 g/mol. The SMILES string of the molecule is CCC(C)[C@H](NC(=O)[C@H](Cc1ccccc1)N=[N+]=[N-])C(=O)OC. The summed E-state index contributed by atoms with van der Waals surface area (Å²) in [5.74, 6) is -1.08. The summed E-state index contributed by atoms with van der Waals surface area (Å²) in [6, 6.07) is 7.57. The number of hydrogen-bond donors (Lipinski definition) is 1. The van der Waals surface area contributed by atoms with E-state index in [0.717, 1.165) is 5.56 Å². The second-order valence-electron chi connectivity index (χ2n) is 5.31. The number of hydrogen-bond acceptors (Lipinski definition) is 4. The number of methoxy groups -OCH3 is 1. The molecular formula is C16H22N4O3. The smallest absolute Gasteiger partial charge is 0.328 e. The Labute approximate surface area is 135 Å². The number of rotatable bonds is 8. The number of carbonyl (C=O) groups excluding carboxylic acids is 2. The Balaban J connectivity index is 2.87. The number of azide groups is 1. The van der Waals surface area contributed by atoms with E-state index in [-0.39, 0.29) is 12.3 Å². The number of esters is 1. The Hall–Kier alpha value is -2.53. The topological polar surface area (TPSA) is 104 Å². The first-order valence-corrected chi connectivity index (χ1v) is 7.49. The molecule has 0 bridgehead atoms. The van der Waals surface area contributed by atoms with E-state index in [0.29, 0.717) is 6.42 Å². The van der Waals surface area contributed by atoms with Crippen LogP contribution >= 0.6 is 0 Å². The third-order valence-corrected chi connectivity index (χ3v) is 3.73. The zero-order valence-electron chi connectivity index (χ0n) is 13.6. The first kappa shape index (κ1) is 18.5. The lowest BCUT2D eigenvalue weighted by Gasteiger charge is -2.23. The van der Waals surface area contributed by atoms with Crippen LogP contribution in [0.2, 0.25) is 0 Å². The Morgan fingerprint density at radius 3 is 2.52 bits per heavy atom. The van der Waals surface area contributed by atoms with Gasteiger partial charge in [0.15, 0.2) is 0 Å². The Morgan fingerprint density at radius 1 is 1.35 bits per heavy atom. The maximum atomic E-state index is 12.4. The number of carbonyl (C=O) groups is 2. The molecule has 124 valence electrons. The highest BCUT2D eigenvalue weighted by Gasteiger charge is 2.29. The fourth-order valence-electron chi connectivity index (χ4n) is 2.13. The zero-order valence-corrected chi connectivity index (χ0v) is 13.6. The molecule has 0 spiro atoms. The van der Waals surface area contributed by atoms with Crippen molar-refractivity contribution < 1.29 is 14.3 Å². The molecule has 0 saturated carbocycles. The summed E-state index contributed by atoms with van der Waals surface area (Å²) in [6.07, 6.45) is 0.968. The fraction of sp³-hybridized carbons (Fsp3) is 0.500. The minimum atomic E-state index is -0.918. The molecule has 1 aromatic rings. The summed E-state index contributed by atoms with van der Waals surface area (Å²) in [5.41, 5.74) is 9.57. The van der Waals surface area contributed by atoms with Crippen LogP contribution in [-0.4, -0.2) is 31.1 Å². The number of nitrogens with zero attached hydrogens (tertiary/aromatic N) is 3. The lowest BCUT2D eigenvalue weighted by molar-refractivity contribution is -0.146. The van der Waals surface area contributed by atoms with Crippen molar-refractivity contribution in [1.29, 1.82) is 0 Å². The van der Waals surface area contributed by atoms with Crippen molar-refractivity contribution in [3.8, 4) is 0 Å². The van der Waals surface area contributed by atoms with Crippen molar-refractivity contribution in [2.75, 3.05) is 7.11 Å². The second-order valence-corrected chi connectivity index (χ2v) is 5.31. The van der Waals surface area contributed by atoms with Crippen LogP contribution in [0.15, 0.2) is 35.4 Å². The van der Waals surface area contributed by atoms with E-state index in [1.54, 1.807) is 0 Å². The number of ether oxygens (including phenoxy) is 1. The highest BCUT2D eigenvalue weighted by Crippen LogP contribution is 2.12. The van der Waals surface area contributed by atoms with Gasteiger partial charge in [-0.15, -0.1) is 0 Å².